The molecule has 0 bridgehead atoms. The average molecular weight is 400 g/mol. The van der Waals surface area contributed by atoms with E-state index in [1.807, 2.05) is 30.3 Å². The molecule has 29 heavy (non-hydrogen) atoms. The highest BCUT2D eigenvalue weighted by Gasteiger charge is 2.24. The molecule has 1 amide bonds. The molecule has 0 aliphatic rings. The Hall–Kier alpha value is -3.09. The number of aryl methyl sites for hydroxylation is 2. The molecule has 0 aliphatic carbocycles. The zero-order chi connectivity index (χ0) is 21.4. The number of H-pyrrole nitrogens is 1. The van der Waals surface area contributed by atoms with Gasteiger partial charge in [-0.25, -0.2) is 9.59 Å². The third kappa shape index (κ3) is 6.48. The molecule has 0 saturated carbocycles. The van der Waals surface area contributed by atoms with Crippen LogP contribution in [0.15, 0.2) is 30.3 Å². The lowest BCUT2D eigenvalue weighted by Crippen LogP contribution is -2.30. The van der Waals surface area contributed by atoms with E-state index in [0.717, 1.165) is 12.8 Å². The van der Waals surface area contributed by atoms with Crippen molar-refractivity contribution in [1.29, 1.82) is 0 Å². The number of amides is 1. The van der Waals surface area contributed by atoms with Gasteiger partial charge in [-0.05, 0) is 51.7 Å². The van der Waals surface area contributed by atoms with E-state index < -0.39 is 11.9 Å². The normalized spacial score (nSPS) is 10.7. The van der Waals surface area contributed by atoms with Gasteiger partial charge in [0, 0.05) is 12.2 Å². The third-order valence-corrected chi connectivity index (χ3v) is 4.33. The van der Waals surface area contributed by atoms with Gasteiger partial charge >= 0.3 is 11.9 Å². The molecule has 1 aromatic heterocycles. The predicted molar refractivity (Wildman–Crippen MR) is 109 cm³/mol. The Labute approximate surface area is 170 Å². The van der Waals surface area contributed by atoms with Crippen molar-refractivity contribution in [1.82, 2.24) is 10.3 Å². The largest absolute Gasteiger partial charge is 0.459 e. The first-order chi connectivity index (χ1) is 13.8. The van der Waals surface area contributed by atoms with Gasteiger partial charge in [0.25, 0.3) is 5.91 Å². The van der Waals surface area contributed by atoms with Gasteiger partial charge in [-0.1, -0.05) is 30.3 Å². The molecule has 2 aromatic rings. The average Bonchev–Trinajstić information content (AvgIpc) is 2.98. The minimum absolute atomic E-state index is 0.148. The van der Waals surface area contributed by atoms with Gasteiger partial charge in [0.05, 0.1) is 11.7 Å². The zero-order valence-electron chi connectivity index (χ0n) is 17.3. The summed E-state index contributed by atoms with van der Waals surface area (Å²) in [4.78, 5) is 39.3. The zero-order valence-corrected chi connectivity index (χ0v) is 17.3. The molecule has 1 aromatic carbocycles. The first-order valence-electron chi connectivity index (χ1n) is 9.67. The van der Waals surface area contributed by atoms with Crippen LogP contribution < -0.4 is 5.32 Å². The molecule has 156 valence electrons. The Bertz CT molecular complexity index is 856. The van der Waals surface area contributed by atoms with Gasteiger partial charge in [0.15, 0.2) is 6.61 Å². The molecule has 0 unspecified atom stereocenters. The van der Waals surface area contributed by atoms with Crippen LogP contribution in [-0.2, 0) is 20.7 Å². The van der Waals surface area contributed by atoms with Gasteiger partial charge in [-0.15, -0.1) is 0 Å². The van der Waals surface area contributed by atoms with Crippen LogP contribution in [0.5, 0.6) is 0 Å². The van der Waals surface area contributed by atoms with Gasteiger partial charge < -0.3 is 19.8 Å². The quantitative estimate of drug-likeness (QED) is 0.498. The van der Waals surface area contributed by atoms with Gasteiger partial charge in [-0.2, -0.15) is 0 Å². The fourth-order valence-corrected chi connectivity index (χ4v) is 2.95. The molecule has 0 saturated heterocycles. The molecular formula is C22H28N2O5. The number of aromatic amines is 1. The van der Waals surface area contributed by atoms with Crippen molar-refractivity contribution in [3.8, 4) is 0 Å². The molecule has 2 N–H and O–H groups in total. The van der Waals surface area contributed by atoms with E-state index in [-0.39, 0.29) is 24.3 Å². The first-order valence-corrected chi connectivity index (χ1v) is 9.67. The molecule has 0 aliphatic heterocycles. The molecule has 0 fully saturated rings. The molecule has 7 heteroatoms. The Balaban J connectivity index is 1.81. The number of ether oxygens (including phenoxy) is 2. The lowest BCUT2D eigenvalue weighted by Gasteiger charge is -2.08. The number of hydrogen-bond acceptors (Lipinski definition) is 5. The monoisotopic (exact) mass is 400 g/mol. The molecule has 2 rings (SSSR count). The van der Waals surface area contributed by atoms with Crippen LogP contribution in [0.2, 0.25) is 0 Å². The van der Waals surface area contributed by atoms with Crippen molar-refractivity contribution >= 4 is 17.8 Å². The summed E-state index contributed by atoms with van der Waals surface area (Å²) >= 11 is 0. The topological polar surface area (TPSA) is 97.5 Å². The van der Waals surface area contributed by atoms with Crippen LogP contribution in [0.4, 0.5) is 0 Å². The van der Waals surface area contributed by atoms with E-state index in [2.05, 4.69) is 10.3 Å². The number of carbonyl (C=O) groups excluding carboxylic acids is 3. The number of benzene rings is 1. The Morgan fingerprint density at radius 3 is 2.41 bits per heavy atom. The van der Waals surface area contributed by atoms with Crippen LogP contribution in [0.1, 0.15) is 57.9 Å². The Morgan fingerprint density at radius 1 is 1.07 bits per heavy atom. The molecule has 0 spiro atoms. The fraction of sp³-hybridized carbons (Fsp3) is 0.409. The minimum atomic E-state index is -0.686. The second-order valence-corrected chi connectivity index (χ2v) is 7.09. The second kappa shape index (κ2) is 10.5. The van der Waals surface area contributed by atoms with Crippen LogP contribution >= 0.6 is 0 Å². The van der Waals surface area contributed by atoms with E-state index in [1.165, 1.54) is 5.56 Å². The van der Waals surface area contributed by atoms with Crippen molar-refractivity contribution in [3.05, 3.63) is 58.4 Å². The lowest BCUT2D eigenvalue weighted by molar-refractivity contribution is -0.124. The lowest BCUT2D eigenvalue weighted by atomic mass is 10.1. The number of rotatable bonds is 9. The summed E-state index contributed by atoms with van der Waals surface area (Å²) in [6.45, 7) is 6.94. The SMILES string of the molecule is Cc1[nH]c(C(=O)OCC(=O)NCCCc2ccccc2)c(C)c1C(=O)OC(C)C. The smallest absolute Gasteiger partial charge is 0.355 e. The summed E-state index contributed by atoms with van der Waals surface area (Å²) in [7, 11) is 0. The minimum Gasteiger partial charge on any atom is -0.459 e. The molecule has 7 nitrogen and oxygen atoms in total. The van der Waals surface area contributed by atoms with Gasteiger partial charge in [0.2, 0.25) is 0 Å². The highest BCUT2D eigenvalue weighted by molar-refractivity contribution is 5.99. The van der Waals surface area contributed by atoms with Crippen molar-refractivity contribution in [2.24, 2.45) is 0 Å². The maximum absolute atomic E-state index is 12.3. The summed E-state index contributed by atoms with van der Waals surface area (Å²) < 4.78 is 10.3. The van der Waals surface area contributed by atoms with E-state index in [4.69, 9.17) is 9.47 Å². The van der Waals surface area contributed by atoms with E-state index in [9.17, 15) is 14.4 Å². The van der Waals surface area contributed by atoms with Crippen LogP contribution in [-0.4, -0.2) is 42.1 Å². The van der Waals surface area contributed by atoms with Crippen molar-refractivity contribution in [2.45, 2.75) is 46.6 Å². The summed E-state index contributed by atoms with van der Waals surface area (Å²) in [5, 5.41) is 2.73. The first kappa shape index (κ1) is 22.2. The van der Waals surface area contributed by atoms with E-state index in [1.54, 1.807) is 27.7 Å². The van der Waals surface area contributed by atoms with Gasteiger partial charge in [0.1, 0.15) is 5.69 Å². The highest BCUT2D eigenvalue weighted by atomic mass is 16.5. The summed E-state index contributed by atoms with van der Waals surface area (Å²) in [6.07, 6.45) is 1.38. The Kier molecular flexibility index (Phi) is 8.00. The summed E-state index contributed by atoms with van der Waals surface area (Å²) in [5.74, 6) is -1.55. The van der Waals surface area contributed by atoms with Crippen LogP contribution in [0, 0.1) is 13.8 Å². The maximum Gasteiger partial charge on any atom is 0.355 e. The van der Waals surface area contributed by atoms with Crippen molar-refractivity contribution in [3.63, 3.8) is 0 Å². The number of aromatic nitrogens is 1. The van der Waals surface area contributed by atoms with E-state index >= 15 is 0 Å². The Morgan fingerprint density at radius 2 is 1.76 bits per heavy atom. The summed E-state index contributed by atoms with van der Waals surface area (Å²) in [6, 6.07) is 9.99. The van der Waals surface area contributed by atoms with Crippen molar-refractivity contribution < 1.29 is 23.9 Å². The molecular weight excluding hydrogens is 372 g/mol. The second-order valence-electron chi connectivity index (χ2n) is 7.09. The number of esters is 2. The highest BCUT2D eigenvalue weighted by Crippen LogP contribution is 2.20. The maximum atomic E-state index is 12.3. The molecule has 1 heterocycles. The number of nitrogens with one attached hydrogen (secondary N) is 2. The summed E-state index contributed by atoms with van der Waals surface area (Å²) in [5.41, 5.74) is 2.63. The number of carbonyl (C=O) groups is 3. The van der Waals surface area contributed by atoms with Crippen LogP contribution in [0.3, 0.4) is 0 Å². The van der Waals surface area contributed by atoms with Crippen LogP contribution in [0.25, 0.3) is 0 Å². The van der Waals surface area contributed by atoms with Crippen molar-refractivity contribution in [2.75, 3.05) is 13.2 Å². The molecule has 0 radical (unpaired) electrons. The molecule has 0 atom stereocenters. The fourth-order valence-electron chi connectivity index (χ4n) is 2.95. The predicted octanol–water partition coefficient (Wildman–Crippen LogP) is 3.10. The van der Waals surface area contributed by atoms with E-state index in [0.29, 0.717) is 23.4 Å². The third-order valence-electron chi connectivity index (χ3n) is 4.33. The number of hydrogen-bond donors (Lipinski definition) is 2. The standard InChI is InChI=1S/C22H28N2O5/c1-14(2)29-21(26)19-15(3)20(24-16(19)4)22(27)28-13-18(25)23-12-8-11-17-9-6-5-7-10-17/h5-7,9-10,14,24H,8,11-13H2,1-4H3,(H,23,25). The van der Waals surface area contributed by atoms with Gasteiger partial charge in [-0.3, -0.25) is 4.79 Å².